The molecule has 0 unspecified atom stereocenters. The van der Waals surface area contributed by atoms with Crippen molar-refractivity contribution < 1.29 is 20.1 Å². The van der Waals surface area contributed by atoms with Crippen LogP contribution in [-0.2, 0) is 4.79 Å². The van der Waals surface area contributed by atoms with Gasteiger partial charge in [-0.2, -0.15) is 0 Å². The quantitative estimate of drug-likeness (QED) is 0.304. The molecule has 1 rings (SSSR count). The van der Waals surface area contributed by atoms with E-state index in [4.69, 9.17) is 5.11 Å². The molecule has 1 aliphatic rings. The van der Waals surface area contributed by atoms with Crippen LogP contribution in [0.2, 0.25) is 0 Å². The number of hydrogen-bond donors (Lipinski definition) is 3. The van der Waals surface area contributed by atoms with Crippen molar-refractivity contribution in [1.82, 2.24) is 0 Å². The fraction of sp³-hybridized carbons (Fsp3) is 0.650. The van der Waals surface area contributed by atoms with Gasteiger partial charge in [0.05, 0.1) is 12.2 Å². The summed E-state index contributed by atoms with van der Waals surface area (Å²) in [5, 5.41) is 28.9. The van der Waals surface area contributed by atoms with Gasteiger partial charge in [0, 0.05) is 18.8 Å². The molecule has 0 aromatic rings. The Kier molecular flexibility index (Phi) is 10.4. The van der Waals surface area contributed by atoms with Gasteiger partial charge in [0.1, 0.15) is 0 Å². The number of aliphatic hydroxyl groups excluding tert-OH is 2. The number of aliphatic hydroxyl groups is 2. The monoisotopic (exact) mass is 336 g/mol. The maximum absolute atomic E-state index is 10.4. The number of carboxylic acid groups (broad SMARTS) is 1. The van der Waals surface area contributed by atoms with Crippen molar-refractivity contribution in [1.29, 1.82) is 0 Å². The van der Waals surface area contributed by atoms with Gasteiger partial charge >= 0.3 is 5.97 Å². The molecule has 24 heavy (non-hydrogen) atoms. The minimum atomic E-state index is -0.769. The summed E-state index contributed by atoms with van der Waals surface area (Å²) in [5.41, 5.74) is 0. The molecule has 4 heteroatoms. The molecule has 4 atom stereocenters. The first-order valence-electron chi connectivity index (χ1n) is 9.12. The molecule has 0 aromatic heterocycles. The first-order chi connectivity index (χ1) is 11.6. The van der Waals surface area contributed by atoms with Crippen LogP contribution in [0.25, 0.3) is 0 Å². The third kappa shape index (κ3) is 7.93. The van der Waals surface area contributed by atoms with E-state index in [1.165, 1.54) is 12.8 Å². The van der Waals surface area contributed by atoms with E-state index in [2.05, 4.69) is 13.0 Å². The number of aliphatic carboxylic acids is 1. The molecule has 1 fully saturated rings. The molecule has 0 bridgehead atoms. The van der Waals surface area contributed by atoms with Crippen molar-refractivity contribution >= 4 is 5.97 Å². The summed E-state index contributed by atoms with van der Waals surface area (Å²) in [5.74, 6) is -0.773. The van der Waals surface area contributed by atoms with Crippen molar-refractivity contribution in [2.45, 2.75) is 70.5 Å². The molecular weight excluding hydrogens is 304 g/mol. The van der Waals surface area contributed by atoms with Crippen molar-refractivity contribution in [3.8, 4) is 0 Å². The third-order valence-electron chi connectivity index (χ3n) is 4.56. The van der Waals surface area contributed by atoms with Crippen molar-refractivity contribution in [2.24, 2.45) is 11.8 Å². The summed E-state index contributed by atoms with van der Waals surface area (Å²) < 4.78 is 0. The Morgan fingerprint density at radius 3 is 2.50 bits per heavy atom. The van der Waals surface area contributed by atoms with Crippen LogP contribution >= 0.6 is 0 Å². The van der Waals surface area contributed by atoms with Crippen LogP contribution in [0.15, 0.2) is 36.5 Å². The molecule has 0 radical (unpaired) electrons. The highest BCUT2D eigenvalue weighted by atomic mass is 16.4. The summed E-state index contributed by atoms with van der Waals surface area (Å²) in [7, 11) is 0. The Labute approximate surface area is 145 Å². The van der Waals surface area contributed by atoms with E-state index >= 15 is 0 Å². The van der Waals surface area contributed by atoms with Gasteiger partial charge < -0.3 is 15.3 Å². The van der Waals surface area contributed by atoms with Crippen LogP contribution in [-0.4, -0.2) is 33.5 Å². The summed E-state index contributed by atoms with van der Waals surface area (Å²) in [6.45, 7) is 2.17. The second-order valence-corrected chi connectivity index (χ2v) is 6.56. The Morgan fingerprint density at radius 1 is 1.04 bits per heavy atom. The minimum Gasteiger partial charge on any atom is -0.481 e. The van der Waals surface area contributed by atoms with Gasteiger partial charge in [0.2, 0.25) is 0 Å². The van der Waals surface area contributed by atoms with Crippen LogP contribution in [0.4, 0.5) is 0 Å². The van der Waals surface area contributed by atoms with Crippen molar-refractivity contribution in [3.05, 3.63) is 36.5 Å². The van der Waals surface area contributed by atoms with Crippen LogP contribution in [0.3, 0.4) is 0 Å². The average Bonchev–Trinajstić information content (AvgIpc) is 2.80. The van der Waals surface area contributed by atoms with E-state index in [9.17, 15) is 15.0 Å². The minimum absolute atomic E-state index is 0.0241. The zero-order chi connectivity index (χ0) is 17.8. The Hall–Kier alpha value is -1.39. The largest absolute Gasteiger partial charge is 0.481 e. The molecule has 4 nitrogen and oxygen atoms in total. The lowest BCUT2D eigenvalue weighted by Gasteiger charge is -2.18. The lowest BCUT2D eigenvalue weighted by Crippen LogP contribution is -2.19. The summed E-state index contributed by atoms with van der Waals surface area (Å²) in [6.07, 6.45) is 17.3. The van der Waals surface area contributed by atoms with Gasteiger partial charge in [-0.3, -0.25) is 4.79 Å². The second-order valence-electron chi connectivity index (χ2n) is 6.56. The van der Waals surface area contributed by atoms with Gasteiger partial charge in [-0.05, 0) is 31.6 Å². The fourth-order valence-corrected chi connectivity index (χ4v) is 3.14. The van der Waals surface area contributed by atoms with E-state index < -0.39 is 18.2 Å². The van der Waals surface area contributed by atoms with Gasteiger partial charge in [0.15, 0.2) is 0 Å². The van der Waals surface area contributed by atoms with Gasteiger partial charge in [-0.15, -0.1) is 0 Å². The maximum Gasteiger partial charge on any atom is 0.303 e. The predicted octanol–water partition coefficient (Wildman–Crippen LogP) is 3.85. The number of hydrogen-bond acceptors (Lipinski definition) is 3. The smallest absolute Gasteiger partial charge is 0.303 e. The highest BCUT2D eigenvalue weighted by molar-refractivity contribution is 5.66. The van der Waals surface area contributed by atoms with Gasteiger partial charge in [-0.1, -0.05) is 56.2 Å². The lowest BCUT2D eigenvalue weighted by molar-refractivity contribution is -0.137. The highest BCUT2D eigenvalue weighted by Gasteiger charge is 2.39. The number of unbranched alkanes of at least 4 members (excludes halogenated alkanes) is 3. The SMILES string of the molecule is CCCCC=CC=C[C@@H]1[C@@H](CC=CCCCC(=O)O)[C@@H](O)C[C@H]1O. The Bertz CT molecular complexity index is 439. The van der Waals surface area contributed by atoms with E-state index in [1.807, 2.05) is 30.4 Å². The number of rotatable bonds is 11. The van der Waals surface area contributed by atoms with Gasteiger partial charge in [-0.25, -0.2) is 0 Å². The predicted molar refractivity (Wildman–Crippen MR) is 96.7 cm³/mol. The molecule has 0 aliphatic heterocycles. The van der Waals surface area contributed by atoms with Crippen LogP contribution in [0.1, 0.15) is 58.3 Å². The fourth-order valence-electron chi connectivity index (χ4n) is 3.14. The van der Waals surface area contributed by atoms with Crippen molar-refractivity contribution in [2.75, 3.05) is 0 Å². The standard InChI is InChI=1S/C20H32O4/c1-2-3-4-5-6-9-12-16-17(19(22)15-18(16)21)13-10-7-8-11-14-20(23)24/h5-7,9-10,12,16-19,21-22H,2-4,8,11,13-15H2,1H3,(H,23,24)/t16-,17-,18-,19+/m1/s1. The molecule has 0 amide bonds. The molecule has 3 N–H and O–H groups in total. The maximum atomic E-state index is 10.4. The normalized spacial score (nSPS) is 27.8. The molecule has 0 spiro atoms. The van der Waals surface area contributed by atoms with E-state index in [0.29, 0.717) is 19.3 Å². The molecular formula is C20H32O4. The number of allylic oxidation sites excluding steroid dienone is 5. The molecule has 1 aliphatic carbocycles. The highest BCUT2D eigenvalue weighted by Crippen LogP contribution is 2.36. The molecule has 0 aromatic carbocycles. The topological polar surface area (TPSA) is 77.8 Å². The first-order valence-corrected chi connectivity index (χ1v) is 9.12. The van der Waals surface area contributed by atoms with E-state index in [1.54, 1.807) is 0 Å². The number of carbonyl (C=O) groups is 1. The van der Waals surface area contributed by atoms with E-state index in [-0.39, 0.29) is 18.3 Å². The number of carboxylic acids is 1. The molecule has 136 valence electrons. The molecule has 1 saturated carbocycles. The molecule has 0 heterocycles. The van der Waals surface area contributed by atoms with Crippen LogP contribution in [0, 0.1) is 11.8 Å². The molecule has 0 saturated heterocycles. The average molecular weight is 336 g/mol. The third-order valence-corrected chi connectivity index (χ3v) is 4.56. The van der Waals surface area contributed by atoms with Crippen molar-refractivity contribution in [3.63, 3.8) is 0 Å². The van der Waals surface area contributed by atoms with E-state index in [0.717, 1.165) is 12.8 Å². The zero-order valence-electron chi connectivity index (χ0n) is 14.7. The first kappa shape index (κ1) is 20.7. The summed E-state index contributed by atoms with van der Waals surface area (Å²) >= 11 is 0. The summed E-state index contributed by atoms with van der Waals surface area (Å²) in [4.78, 5) is 10.4. The van der Waals surface area contributed by atoms with Crippen LogP contribution in [0.5, 0.6) is 0 Å². The van der Waals surface area contributed by atoms with Crippen LogP contribution < -0.4 is 0 Å². The summed E-state index contributed by atoms with van der Waals surface area (Å²) in [6, 6.07) is 0. The Morgan fingerprint density at radius 2 is 1.79 bits per heavy atom. The zero-order valence-corrected chi connectivity index (χ0v) is 14.7. The second kappa shape index (κ2) is 12.0. The van der Waals surface area contributed by atoms with Gasteiger partial charge in [0.25, 0.3) is 0 Å². The Balaban J connectivity index is 2.44. The lowest BCUT2D eigenvalue weighted by atomic mass is 9.90.